The van der Waals surface area contributed by atoms with E-state index in [-0.39, 0.29) is 11.3 Å². The largest absolute Gasteiger partial charge is 0.478 e. The molecule has 100 valence electrons. The molecular weight excluding hydrogens is 286 g/mol. The molecule has 0 aliphatic heterocycles. The monoisotopic (exact) mass is 297 g/mol. The van der Waals surface area contributed by atoms with Crippen molar-refractivity contribution >= 4 is 29.5 Å². The Morgan fingerprint density at radius 1 is 1.42 bits per heavy atom. The van der Waals surface area contributed by atoms with E-state index in [1.807, 2.05) is 6.26 Å². The molecule has 2 N–H and O–H groups in total. The van der Waals surface area contributed by atoms with E-state index in [1.165, 1.54) is 16.3 Å². The second-order valence-corrected chi connectivity index (χ2v) is 5.47. The number of carboxylic acids is 1. The van der Waals surface area contributed by atoms with Crippen molar-refractivity contribution in [2.75, 3.05) is 6.26 Å². The summed E-state index contributed by atoms with van der Waals surface area (Å²) in [7, 11) is 1.58. The zero-order valence-corrected chi connectivity index (χ0v) is 11.8. The highest BCUT2D eigenvalue weighted by molar-refractivity contribution is 7.99. The van der Waals surface area contributed by atoms with Gasteiger partial charge in [0.1, 0.15) is 0 Å². The maximum Gasteiger partial charge on any atom is 0.343 e. The van der Waals surface area contributed by atoms with Crippen LogP contribution in [0.5, 0.6) is 0 Å². The number of hydrogen-bond donors (Lipinski definition) is 2. The van der Waals surface area contributed by atoms with Crippen LogP contribution in [0.4, 0.5) is 0 Å². The zero-order valence-electron chi connectivity index (χ0n) is 10.2. The van der Waals surface area contributed by atoms with Crippen LogP contribution >= 0.6 is 23.5 Å². The summed E-state index contributed by atoms with van der Waals surface area (Å²) in [5.41, 5.74) is -0.101. The first-order chi connectivity index (χ1) is 9.04. The Morgan fingerprint density at radius 2 is 2.11 bits per heavy atom. The Labute approximate surface area is 117 Å². The molecule has 6 nitrogen and oxygen atoms in total. The summed E-state index contributed by atoms with van der Waals surface area (Å²) in [6.45, 7) is 0. The van der Waals surface area contributed by atoms with Crippen LogP contribution in [0, 0.1) is 0 Å². The number of H-pyrrole nitrogens is 1. The number of carbonyl (C=O) groups is 1. The van der Waals surface area contributed by atoms with Gasteiger partial charge in [-0.05, 0) is 30.2 Å². The number of thioether (sulfide) groups is 1. The van der Waals surface area contributed by atoms with Crippen molar-refractivity contribution in [1.29, 1.82) is 0 Å². The van der Waals surface area contributed by atoms with Crippen LogP contribution < -0.4 is 5.69 Å². The molecule has 1 heterocycles. The van der Waals surface area contributed by atoms with Crippen LogP contribution in [0.1, 0.15) is 10.4 Å². The molecule has 2 aromatic rings. The minimum atomic E-state index is -0.993. The van der Waals surface area contributed by atoms with Crippen LogP contribution in [-0.4, -0.2) is 32.1 Å². The lowest BCUT2D eigenvalue weighted by atomic mass is 10.2. The summed E-state index contributed by atoms with van der Waals surface area (Å²) >= 11 is 2.51. The van der Waals surface area contributed by atoms with E-state index in [9.17, 15) is 14.7 Å². The Kier molecular flexibility index (Phi) is 4.01. The molecule has 0 fully saturated rings. The van der Waals surface area contributed by atoms with Crippen LogP contribution in [0.25, 0.3) is 0 Å². The highest BCUT2D eigenvalue weighted by Crippen LogP contribution is 2.33. The topological polar surface area (TPSA) is 88.0 Å². The number of benzene rings is 1. The van der Waals surface area contributed by atoms with Gasteiger partial charge in [-0.25, -0.2) is 14.7 Å². The molecule has 0 aliphatic rings. The molecule has 19 heavy (non-hydrogen) atoms. The van der Waals surface area contributed by atoms with E-state index in [0.717, 1.165) is 11.8 Å². The fraction of sp³-hybridized carbons (Fsp3) is 0.182. The first-order valence-corrected chi connectivity index (χ1v) is 7.28. The quantitative estimate of drug-likeness (QED) is 0.835. The number of carboxylic acid groups (broad SMARTS) is 1. The van der Waals surface area contributed by atoms with E-state index in [0.29, 0.717) is 14.9 Å². The predicted octanol–water partition coefficient (Wildman–Crippen LogP) is 1.68. The summed E-state index contributed by atoms with van der Waals surface area (Å²) in [5, 5.41) is 15.9. The Morgan fingerprint density at radius 3 is 2.63 bits per heavy atom. The van der Waals surface area contributed by atoms with Gasteiger partial charge >= 0.3 is 11.7 Å². The molecule has 0 amide bonds. The van der Waals surface area contributed by atoms with Gasteiger partial charge in [0, 0.05) is 16.8 Å². The van der Waals surface area contributed by atoms with E-state index in [1.54, 1.807) is 25.2 Å². The van der Waals surface area contributed by atoms with Gasteiger partial charge in [0.15, 0.2) is 5.16 Å². The van der Waals surface area contributed by atoms with E-state index in [2.05, 4.69) is 10.2 Å². The van der Waals surface area contributed by atoms with Gasteiger partial charge in [0.05, 0.1) is 5.56 Å². The standard InChI is InChI=1S/C11H11N3O3S2/c1-14-10(17)12-13-11(14)19-7-5-3-4-6(18-2)8(7)9(15)16/h3-5H,1-2H3,(H,12,17)(H,15,16). The molecule has 0 bridgehead atoms. The van der Waals surface area contributed by atoms with Crippen molar-refractivity contribution in [2.45, 2.75) is 14.9 Å². The molecule has 1 aromatic heterocycles. The van der Waals surface area contributed by atoms with E-state index < -0.39 is 5.97 Å². The molecule has 1 aromatic carbocycles. The highest BCUT2D eigenvalue weighted by atomic mass is 32.2. The van der Waals surface area contributed by atoms with Crippen LogP contribution in [0.2, 0.25) is 0 Å². The third-order valence-electron chi connectivity index (χ3n) is 2.46. The lowest BCUT2D eigenvalue weighted by molar-refractivity contribution is 0.0689. The van der Waals surface area contributed by atoms with Crippen molar-refractivity contribution in [1.82, 2.24) is 14.8 Å². The van der Waals surface area contributed by atoms with Gasteiger partial charge in [0.2, 0.25) is 0 Å². The lowest BCUT2D eigenvalue weighted by Gasteiger charge is -2.08. The molecular formula is C11H11N3O3S2. The van der Waals surface area contributed by atoms with Crippen molar-refractivity contribution in [3.8, 4) is 0 Å². The normalized spacial score (nSPS) is 10.6. The molecule has 0 spiro atoms. The maximum absolute atomic E-state index is 11.4. The number of hydrogen-bond acceptors (Lipinski definition) is 5. The lowest BCUT2D eigenvalue weighted by Crippen LogP contribution is -2.13. The minimum Gasteiger partial charge on any atom is -0.478 e. The molecule has 0 aliphatic carbocycles. The summed E-state index contributed by atoms with van der Waals surface area (Å²) in [6.07, 6.45) is 1.82. The maximum atomic E-state index is 11.4. The molecule has 2 rings (SSSR count). The third-order valence-corrected chi connectivity index (χ3v) is 4.35. The predicted molar refractivity (Wildman–Crippen MR) is 73.1 cm³/mol. The molecule has 0 saturated heterocycles. The first-order valence-electron chi connectivity index (χ1n) is 5.24. The Balaban J connectivity index is 2.48. The van der Waals surface area contributed by atoms with Crippen LogP contribution in [-0.2, 0) is 7.05 Å². The van der Waals surface area contributed by atoms with E-state index in [4.69, 9.17) is 0 Å². The van der Waals surface area contributed by atoms with Gasteiger partial charge in [-0.3, -0.25) is 4.57 Å². The van der Waals surface area contributed by atoms with Gasteiger partial charge in [0.25, 0.3) is 0 Å². The first kappa shape index (κ1) is 13.8. The van der Waals surface area contributed by atoms with Crippen molar-refractivity contribution in [2.24, 2.45) is 7.05 Å². The van der Waals surface area contributed by atoms with Gasteiger partial charge in [-0.1, -0.05) is 6.07 Å². The number of nitrogens with zero attached hydrogens (tertiary/aromatic N) is 2. The number of aromatic nitrogens is 3. The fourth-order valence-corrected chi connectivity index (χ4v) is 3.13. The Hall–Kier alpha value is -1.67. The number of aromatic amines is 1. The minimum absolute atomic E-state index is 0.232. The summed E-state index contributed by atoms with van der Waals surface area (Å²) < 4.78 is 1.34. The van der Waals surface area contributed by atoms with Crippen molar-refractivity contribution in [3.63, 3.8) is 0 Å². The second kappa shape index (κ2) is 5.54. The van der Waals surface area contributed by atoms with Gasteiger partial charge in [-0.15, -0.1) is 16.9 Å². The van der Waals surface area contributed by atoms with Crippen molar-refractivity contribution < 1.29 is 9.90 Å². The fourth-order valence-electron chi connectivity index (χ4n) is 1.50. The number of aromatic carboxylic acids is 1. The average molecular weight is 297 g/mol. The third kappa shape index (κ3) is 2.69. The van der Waals surface area contributed by atoms with Crippen LogP contribution in [0.15, 0.2) is 37.9 Å². The molecule has 0 atom stereocenters. The molecule has 0 radical (unpaired) electrons. The zero-order chi connectivity index (χ0) is 14.0. The highest BCUT2D eigenvalue weighted by Gasteiger charge is 2.17. The summed E-state index contributed by atoms with van der Waals surface area (Å²) in [4.78, 5) is 23.9. The summed E-state index contributed by atoms with van der Waals surface area (Å²) in [5.74, 6) is -0.993. The average Bonchev–Trinajstić information content (AvgIpc) is 2.70. The van der Waals surface area contributed by atoms with E-state index >= 15 is 0 Å². The smallest absolute Gasteiger partial charge is 0.343 e. The molecule has 0 saturated carbocycles. The van der Waals surface area contributed by atoms with Crippen LogP contribution in [0.3, 0.4) is 0 Å². The number of nitrogens with one attached hydrogen (secondary N) is 1. The Bertz CT molecular complexity index is 678. The van der Waals surface area contributed by atoms with Gasteiger partial charge in [-0.2, -0.15) is 0 Å². The number of rotatable bonds is 4. The SMILES string of the molecule is CSc1cccc(Sc2n[nH]c(=O)n2C)c1C(=O)O. The summed E-state index contributed by atoms with van der Waals surface area (Å²) in [6, 6.07) is 5.24. The second-order valence-electron chi connectivity index (χ2n) is 3.61. The molecule has 8 heteroatoms. The van der Waals surface area contributed by atoms with Crippen molar-refractivity contribution in [3.05, 3.63) is 34.2 Å². The molecule has 0 unspecified atom stereocenters. The van der Waals surface area contributed by atoms with Gasteiger partial charge < -0.3 is 5.11 Å².